The van der Waals surface area contributed by atoms with Crippen molar-refractivity contribution in [1.29, 1.82) is 0 Å². The van der Waals surface area contributed by atoms with E-state index < -0.39 is 0 Å². The summed E-state index contributed by atoms with van der Waals surface area (Å²) in [5.41, 5.74) is 1.22. The van der Waals surface area contributed by atoms with Crippen molar-refractivity contribution in [2.24, 2.45) is 0 Å². The first kappa shape index (κ1) is 10.0. The predicted octanol–water partition coefficient (Wildman–Crippen LogP) is 3.17. The third-order valence-corrected chi connectivity index (χ3v) is 1.82. The molecule has 0 saturated heterocycles. The molecule has 0 saturated carbocycles. The lowest BCUT2D eigenvalue weighted by molar-refractivity contribution is 0.0840. The van der Waals surface area contributed by atoms with Crippen LogP contribution in [-0.4, -0.2) is 6.10 Å². The molecule has 70 valence electrons. The van der Waals surface area contributed by atoms with Crippen LogP contribution in [0.2, 0.25) is 0 Å². The molecule has 0 bridgehead atoms. The highest BCUT2D eigenvalue weighted by molar-refractivity contribution is 5.13. The van der Waals surface area contributed by atoms with Gasteiger partial charge in [-0.05, 0) is 19.4 Å². The summed E-state index contributed by atoms with van der Waals surface area (Å²) < 4.78 is 5.58. The second-order valence-electron chi connectivity index (χ2n) is 3.03. The molecular formula is C12H16O. The van der Waals surface area contributed by atoms with Crippen molar-refractivity contribution in [1.82, 2.24) is 0 Å². The normalized spacial score (nSPS) is 13.4. The second kappa shape index (κ2) is 5.55. The predicted molar refractivity (Wildman–Crippen MR) is 55.5 cm³/mol. The fraction of sp³-hybridized carbons (Fsp3) is 0.333. The van der Waals surface area contributed by atoms with Gasteiger partial charge in [-0.3, -0.25) is 0 Å². The van der Waals surface area contributed by atoms with Crippen LogP contribution in [0.25, 0.3) is 0 Å². The Balaban J connectivity index is 2.35. The third-order valence-electron chi connectivity index (χ3n) is 1.82. The fourth-order valence-corrected chi connectivity index (χ4v) is 1.13. The van der Waals surface area contributed by atoms with Gasteiger partial charge >= 0.3 is 0 Å². The van der Waals surface area contributed by atoms with E-state index in [-0.39, 0.29) is 6.10 Å². The van der Waals surface area contributed by atoms with Gasteiger partial charge in [0.05, 0.1) is 12.7 Å². The monoisotopic (exact) mass is 176 g/mol. The molecule has 0 fully saturated rings. The van der Waals surface area contributed by atoms with Crippen LogP contribution < -0.4 is 0 Å². The first-order valence-corrected chi connectivity index (χ1v) is 4.61. The number of allylic oxidation sites excluding steroid dienone is 1. The van der Waals surface area contributed by atoms with E-state index >= 15 is 0 Å². The Labute approximate surface area is 80.0 Å². The molecule has 13 heavy (non-hydrogen) atoms. The van der Waals surface area contributed by atoms with Crippen molar-refractivity contribution in [2.45, 2.75) is 26.6 Å². The fourth-order valence-electron chi connectivity index (χ4n) is 1.13. The zero-order valence-electron chi connectivity index (χ0n) is 8.23. The van der Waals surface area contributed by atoms with Crippen molar-refractivity contribution >= 4 is 0 Å². The van der Waals surface area contributed by atoms with Crippen LogP contribution in [0, 0.1) is 0 Å². The molecule has 0 amide bonds. The minimum atomic E-state index is 0.199. The molecule has 0 radical (unpaired) electrons. The van der Waals surface area contributed by atoms with E-state index in [0.717, 1.165) is 0 Å². The minimum Gasteiger partial charge on any atom is -0.370 e. The Morgan fingerprint density at radius 1 is 1.31 bits per heavy atom. The van der Waals surface area contributed by atoms with Gasteiger partial charge in [0.15, 0.2) is 0 Å². The summed E-state index contributed by atoms with van der Waals surface area (Å²) in [5, 5.41) is 0. The van der Waals surface area contributed by atoms with Gasteiger partial charge in [0.1, 0.15) is 0 Å². The lowest BCUT2D eigenvalue weighted by Gasteiger charge is -2.08. The van der Waals surface area contributed by atoms with Gasteiger partial charge in [-0.2, -0.15) is 0 Å². The van der Waals surface area contributed by atoms with E-state index in [1.807, 2.05) is 44.2 Å². The number of hydrogen-bond donors (Lipinski definition) is 0. The quantitative estimate of drug-likeness (QED) is 0.640. The summed E-state index contributed by atoms with van der Waals surface area (Å²) in [4.78, 5) is 0. The van der Waals surface area contributed by atoms with Gasteiger partial charge in [-0.15, -0.1) is 0 Å². The molecule has 1 aromatic carbocycles. The van der Waals surface area contributed by atoms with Crippen molar-refractivity contribution in [3.8, 4) is 0 Å². The summed E-state index contributed by atoms with van der Waals surface area (Å²) in [7, 11) is 0. The summed E-state index contributed by atoms with van der Waals surface area (Å²) in [5.74, 6) is 0. The third kappa shape index (κ3) is 3.90. The number of benzene rings is 1. The molecule has 0 aliphatic rings. The topological polar surface area (TPSA) is 9.23 Å². The van der Waals surface area contributed by atoms with E-state index in [1.165, 1.54) is 5.56 Å². The molecular weight excluding hydrogens is 160 g/mol. The van der Waals surface area contributed by atoms with Crippen LogP contribution in [0.1, 0.15) is 19.4 Å². The van der Waals surface area contributed by atoms with E-state index in [4.69, 9.17) is 4.74 Å². The number of hydrogen-bond acceptors (Lipinski definition) is 1. The molecule has 0 aliphatic carbocycles. The zero-order valence-corrected chi connectivity index (χ0v) is 8.23. The van der Waals surface area contributed by atoms with Crippen molar-refractivity contribution in [3.05, 3.63) is 48.0 Å². The molecule has 0 heterocycles. The highest BCUT2D eigenvalue weighted by Crippen LogP contribution is 2.03. The molecule has 0 N–H and O–H groups in total. The second-order valence-corrected chi connectivity index (χ2v) is 3.03. The Morgan fingerprint density at radius 3 is 2.62 bits per heavy atom. The standard InChI is InChI=1S/C12H16O/c1-3-7-11(2)13-10-12-8-5-4-6-9-12/h3-9,11H,10H2,1-2H3/b7-3+/t11-/m1/s1. The Hall–Kier alpha value is -1.08. The van der Waals surface area contributed by atoms with Crippen molar-refractivity contribution in [3.63, 3.8) is 0 Å². The average Bonchev–Trinajstić information content (AvgIpc) is 2.17. The van der Waals surface area contributed by atoms with Gasteiger partial charge in [0, 0.05) is 0 Å². The molecule has 0 aromatic heterocycles. The van der Waals surface area contributed by atoms with E-state index in [0.29, 0.717) is 6.61 Å². The van der Waals surface area contributed by atoms with Gasteiger partial charge < -0.3 is 4.74 Å². The highest BCUT2D eigenvalue weighted by atomic mass is 16.5. The smallest absolute Gasteiger partial charge is 0.0732 e. The molecule has 1 rings (SSSR count). The maximum atomic E-state index is 5.58. The SMILES string of the molecule is C/C=C/[C@@H](C)OCc1ccccc1. The lowest BCUT2D eigenvalue weighted by Crippen LogP contribution is -2.03. The first-order valence-electron chi connectivity index (χ1n) is 4.61. The Morgan fingerprint density at radius 2 is 2.00 bits per heavy atom. The first-order chi connectivity index (χ1) is 6.33. The van der Waals surface area contributed by atoms with Crippen LogP contribution in [0.3, 0.4) is 0 Å². The van der Waals surface area contributed by atoms with Gasteiger partial charge in [-0.25, -0.2) is 0 Å². The van der Waals surface area contributed by atoms with E-state index in [9.17, 15) is 0 Å². The van der Waals surface area contributed by atoms with Crippen LogP contribution in [0.5, 0.6) is 0 Å². The largest absolute Gasteiger partial charge is 0.370 e. The summed E-state index contributed by atoms with van der Waals surface area (Å²) in [6, 6.07) is 10.2. The molecule has 1 aromatic rings. The average molecular weight is 176 g/mol. The van der Waals surface area contributed by atoms with Crippen LogP contribution >= 0.6 is 0 Å². The van der Waals surface area contributed by atoms with Gasteiger partial charge in [-0.1, -0.05) is 42.5 Å². The van der Waals surface area contributed by atoms with Gasteiger partial charge in [0.2, 0.25) is 0 Å². The molecule has 0 unspecified atom stereocenters. The molecule has 0 aliphatic heterocycles. The number of rotatable bonds is 4. The maximum absolute atomic E-state index is 5.58. The summed E-state index contributed by atoms with van der Waals surface area (Å²) in [6.45, 7) is 4.73. The summed E-state index contributed by atoms with van der Waals surface area (Å²) >= 11 is 0. The maximum Gasteiger partial charge on any atom is 0.0732 e. The van der Waals surface area contributed by atoms with Crippen molar-refractivity contribution < 1.29 is 4.74 Å². The minimum absolute atomic E-state index is 0.199. The van der Waals surface area contributed by atoms with E-state index in [1.54, 1.807) is 0 Å². The Kier molecular flexibility index (Phi) is 4.27. The molecule has 1 nitrogen and oxygen atoms in total. The highest BCUT2D eigenvalue weighted by Gasteiger charge is 1.96. The molecule has 0 spiro atoms. The molecule has 1 heteroatoms. The summed E-state index contributed by atoms with van der Waals surface area (Å²) in [6.07, 6.45) is 4.25. The van der Waals surface area contributed by atoms with Crippen LogP contribution in [-0.2, 0) is 11.3 Å². The molecule has 1 atom stereocenters. The van der Waals surface area contributed by atoms with Crippen LogP contribution in [0.4, 0.5) is 0 Å². The lowest BCUT2D eigenvalue weighted by atomic mass is 10.2. The van der Waals surface area contributed by atoms with E-state index in [2.05, 4.69) is 12.1 Å². The Bertz CT molecular complexity index is 251. The van der Waals surface area contributed by atoms with Crippen LogP contribution in [0.15, 0.2) is 42.5 Å². The van der Waals surface area contributed by atoms with Gasteiger partial charge in [0.25, 0.3) is 0 Å². The van der Waals surface area contributed by atoms with Crippen molar-refractivity contribution in [2.75, 3.05) is 0 Å². The zero-order chi connectivity index (χ0) is 9.52. The number of ether oxygens (including phenoxy) is 1.